The molecule has 1 rings (SSSR count). The zero-order valence-corrected chi connectivity index (χ0v) is 7.70. The summed E-state index contributed by atoms with van der Waals surface area (Å²) in [6, 6.07) is 2.31. The van der Waals surface area contributed by atoms with Crippen LogP contribution in [0.25, 0.3) is 4.85 Å². The molecule has 0 spiro atoms. The van der Waals surface area contributed by atoms with Gasteiger partial charge in [-0.25, -0.2) is 13.6 Å². The van der Waals surface area contributed by atoms with Crippen LogP contribution < -0.4 is 0 Å². The second-order valence-electron chi connectivity index (χ2n) is 2.24. The molecular formula is C8H3Cl2F2N. The SMILES string of the molecule is [C-]#[N+]c1c(Cl)cc(Cl)cc1C(F)F. The number of hydrogen-bond acceptors (Lipinski definition) is 0. The van der Waals surface area contributed by atoms with Crippen LogP contribution in [-0.4, -0.2) is 0 Å². The fraction of sp³-hybridized carbons (Fsp3) is 0.125. The van der Waals surface area contributed by atoms with Crippen molar-refractivity contribution in [2.45, 2.75) is 6.43 Å². The fourth-order valence-electron chi connectivity index (χ4n) is 0.870. The van der Waals surface area contributed by atoms with E-state index in [1.54, 1.807) is 0 Å². The number of alkyl halides is 2. The van der Waals surface area contributed by atoms with E-state index >= 15 is 0 Å². The van der Waals surface area contributed by atoms with Gasteiger partial charge in [0.15, 0.2) is 0 Å². The maximum absolute atomic E-state index is 12.3. The van der Waals surface area contributed by atoms with Gasteiger partial charge >= 0.3 is 0 Å². The van der Waals surface area contributed by atoms with E-state index in [0.29, 0.717) is 0 Å². The minimum atomic E-state index is -2.74. The lowest BCUT2D eigenvalue weighted by atomic mass is 10.2. The molecule has 0 saturated heterocycles. The molecule has 0 saturated carbocycles. The molecule has 0 aromatic heterocycles. The zero-order chi connectivity index (χ0) is 10.0. The average molecular weight is 222 g/mol. The summed E-state index contributed by atoms with van der Waals surface area (Å²) in [7, 11) is 0. The van der Waals surface area contributed by atoms with Crippen LogP contribution in [0.5, 0.6) is 0 Å². The summed E-state index contributed by atoms with van der Waals surface area (Å²) >= 11 is 11.0. The quantitative estimate of drug-likeness (QED) is 0.617. The van der Waals surface area contributed by atoms with Gasteiger partial charge in [-0.3, -0.25) is 0 Å². The molecule has 0 aliphatic heterocycles. The van der Waals surface area contributed by atoms with Gasteiger partial charge in [0.05, 0.1) is 6.57 Å². The molecular weight excluding hydrogens is 219 g/mol. The van der Waals surface area contributed by atoms with Crippen molar-refractivity contribution < 1.29 is 8.78 Å². The number of nitrogens with zero attached hydrogens (tertiary/aromatic N) is 1. The molecule has 1 aromatic carbocycles. The minimum Gasteiger partial charge on any atom is -0.236 e. The first-order chi connectivity index (χ1) is 6.06. The summed E-state index contributed by atoms with van der Waals surface area (Å²) in [5, 5.41) is 0.0606. The third-order valence-corrected chi connectivity index (χ3v) is 1.91. The van der Waals surface area contributed by atoms with E-state index < -0.39 is 12.0 Å². The van der Waals surface area contributed by atoms with Gasteiger partial charge in [-0.2, -0.15) is 0 Å². The highest BCUT2D eigenvalue weighted by molar-refractivity contribution is 6.36. The summed E-state index contributed by atoms with van der Waals surface area (Å²) in [6.45, 7) is 6.65. The van der Waals surface area contributed by atoms with Crippen LogP contribution in [0.4, 0.5) is 14.5 Å². The lowest BCUT2D eigenvalue weighted by Gasteiger charge is -2.04. The van der Waals surface area contributed by atoms with Crippen molar-refractivity contribution in [1.29, 1.82) is 0 Å². The highest BCUT2D eigenvalue weighted by Gasteiger charge is 2.16. The summed E-state index contributed by atoms with van der Waals surface area (Å²) < 4.78 is 24.6. The molecule has 0 aliphatic rings. The molecule has 1 aromatic rings. The lowest BCUT2D eigenvalue weighted by Crippen LogP contribution is -1.85. The van der Waals surface area contributed by atoms with Gasteiger partial charge in [0.1, 0.15) is 0 Å². The number of benzene rings is 1. The van der Waals surface area contributed by atoms with E-state index in [0.717, 1.165) is 6.07 Å². The molecule has 0 radical (unpaired) electrons. The average Bonchev–Trinajstić information content (AvgIpc) is 2.02. The van der Waals surface area contributed by atoms with E-state index in [4.69, 9.17) is 29.8 Å². The topological polar surface area (TPSA) is 4.36 Å². The minimum absolute atomic E-state index is 0.0437. The summed E-state index contributed by atoms with van der Waals surface area (Å²) in [4.78, 5) is 2.91. The normalized spacial score (nSPS) is 10.2. The highest BCUT2D eigenvalue weighted by Crippen LogP contribution is 2.37. The number of hydrogen-bond donors (Lipinski definition) is 0. The predicted octanol–water partition coefficient (Wildman–Crippen LogP) is 4.48. The maximum atomic E-state index is 12.3. The van der Waals surface area contributed by atoms with Crippen molar-refractivity contribution in [1.82, 2.24) is 0 Å². The molecule has 1 nitrogen and oxygen atoms in total. The Hall–Kier alpha value is -0.850. The molecule has 0 amide bonds. The van der Waals surface area contributed by atoms with E-state index in [1.807, 2.05) is 0 Å². The molecule has 5 heteroatoms. The molecule has 0 bridgehead atoms. The Balaban J connectivity index is 3.41. The van der Waals surface area contributed by atoms with Crippen molar-refractivity contribution in [3.63, 3.8) is 0 Å². The number of rotatable bonds is 1. The Morgan fingerprint density at radius 1 is 1.31 bits per heavy atom. The molecule has 0 fully saturated rings. The van der Waals surface area contributed by atoms with Crippen LogP contribution in [0.1, 0.15) is 12.0 Å². The van der Waals surface area contributed by atoms with Gasteiger partial charge in [-0.15, -0.1) is 0 Å². The van der Waals surface area contributed by atoms with Gasteiger partial charge in [0.25, 0.3) is 6.43 Å². The van der Waals surface area contributed by atoms with Crippen molar-refractivity contribution in [3.05, 3.63) is 39.2 Å². The second-order valence-corrected chi connectivity index (χ2v) is 3.08. The van der Waals surface area contributed by atoms with E-state index in [9.17, 15) is 8.78 Å². The Bertz CT molecular complexity index is 371. The van der Waals surface area contributed by atoms with Crippen LogP contribution in [0, 0.1) is 6.57 Å². The smallest absolute Gasteiger partial charge is 0.236 e. The van der Waals surface area contributed by atoms with Crippen LogP contribution in [0.2, 0.25) is 10.0 Å². The summed E-state index contributed by atoms with van der Waals surface area (Å²) in [5.74, 6) is 0. The van der Waals surface area contributed by atoms with Crippen molar-refractivity contribution in [2.75, 3.05) is 0 Å². The first-order valence-corrected chi connectivity index (χ1v) is 3.96. The van der Waals surface area contributed by atoms with E-state index in [2.05, 4.69) is 4.85 Å². The van der Waals surface area contributed by atoms with Gasteiger partial charge in [0.2, 0.25) is 5.69 Å². The Morgan fingerprint density at radius 2 is 1.92 bits per heavy atom. The first kappa shape index (κ1) is 10.2. The zero-order valence-electron chi connectivity index (χ0n) is 6.19. The maximum Gasteiger partial charge on any atom is 0.255 e. The van der Waals surface area contributed by atoms with Crippen LogP contribution in [0.3, 0.4) is 0 Å². The van der Waals surface area contributed by atoms with Crippen molar-refractivity contribution >= 4 is 28.9 Å². The molecule has 68 valence electrons. The summed E-state index contributed by atoms with van der Waals surface area (Å²) in [6.07, 6.45) is -2.74. The van der Waals surface area contributed by atoms with Crippen LogP contribution in [0.15, 0.2) is 12.1 Å². The van der Waals surface area contributed by atoms with Crippen LogP contribution in [-0.2, 0) is 0 Å². The predicted molar refractivity (Wildman–Crippen MR) is 47.7 cm³/mol. The van der Waals surface area contributed by atoms with Crippen molar-refractivity contribution in [2.24, 2.45) is 0 Å². The Kier molecular flexibility index (Phi) is 3.07. The molecule has 13 heavy (non-hydrogen) atoms. The third kappa shape index (κ3) is 2.09. The van der Waals surface area contributed by atoms with E-state index in [1.165, 1.54) is 6.07 Å². The molecule has 0 aliphatic carbocycles. The van der Waals surface area contributed by atoms with Crippen LogP contribution >= 0.6 is 23.2 Å². The van der Waals surface area contributed by atoms with Gasteiger partial charge < -0.3 is 0 Å². The standard InChI is InChI=1S/C8H3Cl2F2N/c1-13-7-5(8(11)12)2-4(9)3-6(7)10/h2-3,8H. The van der Waals surface area contributed by atoms with Gasteiger partial charge in [-0.05, 0) is 12.1 Å². The third-order valence-electron chi connectivity index (χ3n) is 1.40. The molecule has 0 N–H and O–H groups in total. The Morgan fingerprint density at radius 3 is 2.38 bits per heavy atom. The van der Waals surface area contributed by atoms with Gasteiger partial charge in [-0.1, -0.05) is 23.2 Å². The second kappa shape index (κ2) is 3.91. The molecule has 0 unspecified atom stereocenters. The monoisotopic (exact) mass is 221 g/mol. The number of halogens is 4. The summed E-state index contributed by atoms with van der Waals surface area (Å²) in [5.41, 5.74) is -0.659. The Labute approximate surface area is 83.7 Å². The molecule has 0 heterocycles. The largest absolute Gasteiger partial charge is 0.255 e. The first-order valence-electron chi connectivity index (χ1n) is 3.20. The fourth-order valence-corrected chi connectivity index (χ4v) is 1.42. The highest BCUT2D eigenvalue weighted by atomic mass is 35.5. The lowest BCUT2D eigenvalue weighted by molar-refractivity contribution is 0.152. The molecule has 0 atom stereocenters. The van der Waals surface area contributed by atoms with Gasteiger partial charge in [0, 0.05) is 15.6 Å². The van der Waals surface area contributed by atoms with E-state index in [-0.39, 0.29) is 15.7 Å². The van der Waals surface area contributed by atoms with Crippen molar-refractivity contribution in [3.8, 4) is 0 Å².